The van der Waals surface area contributed by atoms with Gasteiger partial charge in [0, 0.05) is 24.6 Å². The van der Waals surface area contributed by atoms with Crippen LogP contribution in [0.15, 0.2) is 18.2 Å². The summed E-state index contributed by atoms with van der Waals surface area (Å²) in [4.78, 5) is 13.2. The lowest BCUT2D eigenvalue weighted by Crippen LogP contribution is -2.50. The van der Waals surface area contributed by atoms with Crippen molar-refractivity contribution < 1.29 is 18.3 Å². The summed E-state index contributed by atoms with van der Waals surface area (Å²) in [5.74, 6) is -1.42. The molecule has 5 heteroatoms. The average molecular weight is 269 g/mol. The Kier molecular flexibility index (Phi) is 3.47. The van der Waals surface area contributed by atoms with E-state index in [1.54, 1.807) is 20.8 Å². The molecule has 3 nitrogen and oxygen atoms in total. The van der Waals surface area contributed by atoms with E-state index in [0.717, 1.165) is 0 Å². The minimum Gasteiger partial charge on any atom is -0.444 e. The molecular weight excluding hydrogens is 252 g/mol. The van der Waals surface area contributed by atoms with E-state index >= 15 is 0 Å². The van der Waals surface area contributed by atoms with Crippen LogP contribution in [0, 0.1) is 11.6 Å². The van der Waals surface area contributed by atoms with Gasteiger partial charge in [-0.05, 0) is 32.9 Å². The van der Waals surface area contributed by atoms with Gasteiger partial charge in [-0.15, -0.1) is 0 Å². The number of hydrogen-bond acceptors (Lipinski definition) is 2. The second-order valence-corrected chi connectivity index (χ2v) is 5.72. The quantitative estimate of drug-likeness (QED) is 0.783. The van der Waals surface area contributed by atoms with Gasteiger partial charge in [0.15, 0.2) is 0 Å². The van der Waals surface area contributed by atoms with Crippen molar-refractivity contribution in [2.75, 3.05) is 13.1 Å². The van der Waals surface area contributed by atoms with Gasteiger partial charge in [0.2, 0.25) is 0 Å². The lowest BCUT2D eigenvalue weighted by atomic mass is 9.91. The lowest BCUT2D eigenvalue weighted by molar-refractivity contribution is 0.00758. The molecule has 1 aromatic carbocycles. The zero-order chi connectivity index (χ0) is 14.2. The van der Waals surface area contributed by atoms with Gasteiger partial charge in [-0.25, -0.2) is 13.6 Å². The van der Waals surface area contributed by atoms with E-state index in [-0.39, 0.29) is 24.6 Å². The number of carbonyl (C=O) groups excluding carboxylic acids is 1. The topological polar surface area (TPSA) is 29.5 Å². The van der Waals surface area contributed by atoms with Crippen LogP contribution in [0.25, 0.3) is 0 Å². The van der Waals surface area contributed by atoms with Gasteiger partial charge in [0.05, 0.1) is 0 Å². The highest BCUT2D eigenvalue weighted by molar-refractivity contribution is 5.69. The van der Waals surface area contributed by atoms with Crippen molar-refractivity contribution in [2.24, 2.45) is 0 Å². The summed E-state index contributed by atoms with van der Waals surface area (Å²) in [6, 6.07) is 3.79. The molecule has 0 atom stereocenters. The number of nitrogens with zero attached hydrogens (tertiary/aromatic N) is 1. The molecule has 1 aliphatic rings. The van der Waals surface area contributed by atoms with Crippen molar-refractivity contribution in [1.29, 1.82) is 0 Å². The van der Waals surface area contributed by atoms with E-state index < -0.39 is 23.3 Å². The smallest absolute Gasteiger partial charge is 0.410 e. The summed E-state index contributed by atoms with van der Waals surface area (Å²) in [6.07, 6.45) is -0.444. The van der Waals surface area contributed by atoms with Crippen molar-refractivity contribution in [2.45, 2.75) is 32.3 Å². The third-order valence-electron chi connectivity index (χ3n) is 2.94. The molecule has 1 heterocycles. The Labute approximate surface area is 111 Å². The highest BCUT2D eigenvalue weighted by Crippen LogP contribution is 2.31. The van der Waals surface area contributed by atoms with Crippen LogP contribution >= 0.6 is 0 Å². The van der Waals surface area contributed by atoms with Gasteiger partial charge in [0.1, 0.15) is 17.2 Å². The first kappa shape index (κ1) is 13.8. The summed E-state index contributed by atoms with van der Waals surface area (Å²) < 4.78 is 32.3. The van der Waals surface area contributed by atoms with Crippen molar-refractivity contribution in [3.8, 4) is 0 Å². The number of carbonyl (C=O) groups is 1. The van der Waals surface area contributed by atoms with Crippen LogP contribution in [-0.4, -0.2) is 29.7 Å². The second kappa shape index (κ2) is 4.79. The molecule has 1 aromatic rings. The number of halogens is 2. The molecule has 0 N–H and O–H groups in total. The monoisotopic (exact) mass is 269 g/mol. The summed E-state index contributed by atoms with van der Waals surface area (Å²) in [7, 11) is 0. The van der Waals surface area contributed by atoms with E-state index in [1.165, 1.54) is 23.1 Å². The second-order valence-electron chi connectivity index (χ2n) is 5.72. The van der Waals surface area contributed by atoms with Gasteiger partial charge >= 0.3 is 6.09 Å². The Bertz CT molecular complexity index is 470. The van der Waals surface area contributed by atoms with Crippen molar-refractivity contribution >= 4 is 6.09 Å². The van der Waals surface area contributed by atoms with Crippen LogP contribution < -0.4 is 0 Å². The molecule has 0 unspecified atom stereocenters. The Morgan fingerprint density at radius 1 is 1.26 bits per heavy atom. The number of ether oxygens (including phenoxy) is 1. The minimum atomic E-state index is -0.564. The Morgan fingerprint density at radius 3 is 2.26 bits per heavy atom. The minimum absolute atomic E-state index is 0.0577. The number of benzene rings is 1. The van der Waals surface area contributed by atoms with Crippen LogP contribution in [0.2, 0.25) is 0 Å². The van der Waals surface area contributed by atoms with Crippen molar-refractivity contribution in [1.82, 2.24) is 4.90 Å². The molecule has 1 fully saturated rings. The van der Waals surface area contributed by atoms with Gasteiger partial charge < -0.3 is 9.64 Å². The zero-order valence-electron chi connectivity index (χ0n) is 11.2. The van der Waals surface area contributed by atoms with Crippen LogP contribution in [0.1, 0.15) is 32.3 Å². The fraction of sp³-hybridized carbons (Fsp3) is 0.500. The maximum Gasteiger partial charge on any atom is 0.410 e. The average Bonchev–Trinajstić information content (AvgIpc) is 2.17. The standard InChI is InChI=1S/C14H17F2NO2/c1-14(2,3)19-13(18)17-7-9(8-17)12-10(15)5-4-6-11(12)16/h4-6,9H,7-8H2,1-3H3. The van der Waals surface area contributed by atoms with Gasteiger partial charge in [-0.2, -0.15) is 0 Å². The largest absolute Gasteiger partial charge is 0.444 e. The Hall–Kier alpha value is -1.65. The fourth-order valence-electron chi connectivity index (χ4n) is 2.04. The van der Waals surface area contributed by atoms with E-state index in [4.69, 9.17) is 4.74 Å². The summed E-state index contributed by atoms with van der Waals surface area (Å²) in [6.45, 7) is 5.90. The number of likely N-dealkylation sites (tertiary alicyclic amines) is 1. The lowest BCUT2D eigenvalue weighted by Gasteiger charge is -2.40. The van der Waals surface area contributed by atoms with Crippen LogP contribution in [0.5, 0.6) is 0 Å². The highest BCUT2D eigenvalue weighted by atomic mass is 19.1. The SMILES string of the molecule is CC(C)(C)OC(=O)N1CC(c2c(F)cccc2F)C1. The molecule has 1 aliphatic heterocycles. The van der Waals surface area contributed by atoms with Crippen LogP contribution in [0.3, 0.4) is 0 Å². The molecule has 0 bridgehead atoms. The molecule has 1 amide bonds. The first-order valence-corrected chi connectivity index (χ1v) is 6.20. The molecule has 0 saturated carbocycles. The summed E-state index contributed by atoms with van der Waals surface area (Å²) in [5.41, 5.74) is -0.506. The van der Waals surface area contributed by atoms with Gasteiger partial charge in [0.25, 0.3) is 0 Å². The van der Waals surface area contributed by atoms with E-state index in [2.05, 4.69) is 0 Å². The summed E-state index contributed by atoms with van der Waals surface area (Å²) >= 11 is 0. The molecule has 0 aliphatic carbocycles. The van der Waals surface area contributed by atoms with Crippen LogP contribution in [-0.2, 0) is 4.74 Å². The molecule has 0 spiro atoms. The molecule has 2 rings (SSSR count). The maximum atomic E-state index is 13.5. The third kappa shape index (κ3) is 3.03. The molecule has 0 aromatic heterocycles. The molecule has 1 saturated heterocycles. The van der Waals surface area contributed by atoms with Crippen LogP contribution in [0.4, 0.5) is 13.6 Å². The summed E-state index contributed by atoms with van der Waals surface area (Å²) in [5, 5.41) is 0. The van der Waals surface area contributed by atoms with E-state index in [0.29, 0.717) is 0 Å². The highest BCUT2D eigenvalue weighted by Gasteiger charge is 2.37. The zero-order valence-corrected chi connectivity index (χ0v) is 11.2. The predicted octanol–water partition coefficient (Wildman–Crippen LogP) is 3.30. The molecular formula is C14H17F2NO2. The molecule has 19 heavy (non-hydrogen) atoms. The first-order valence-electron chi connectivity index (χ1n) is 6.20. The molecule has 104 valence electrons. The first-order chi connectivity index (χ1) is 8.78. The maximum absolute atomic E-state index is 13.5. The van der Waals surface area contributed by atoms with E-state index in [1.807, 2.05) is 0 Å². The number of amides is 1. The number of rotatable bonds is 1. The van der Waals surface area contributed by atoms with Gasteiger partial charge in [-0.1, -0.05) is 6.07 Å². The number of hydrogen-bond donors (Lipinski definition) is 0. The third-order valence-corrected chi connectivity index (χ3v) is 2.94. The van der Waals surface area contributed by atoms with Crippen molar-refractivity contribution in [3.63, 3.8) is 0 Å². The van der Waals surface area contributed by atoms with E-state index in [9.17, 15) is 13.6 Å². The fourth-order valence-corrected chi connectivity index (χ4v) is 2.04. The van der Waals surface area contributed by atoms with Gasteiger partial charge in [-0.3, -0.25) is 0 Å². The Balaban J connectivity index is 1.98. The molecule has 0 radical (unpaired) electrons. The normalized spacial score (nSPS) is 16.2. The van der Waals surface area contributed by atoms with Crippen molar-refractivity contribution in [3.05, 3.63) is 35.4 Å². The predicted molar refractivity (Wildman–Crippen MR) is 66.9 cm³/mol. The Morgan fingerprint density at radius 2 is 1.79 bits per heavy atom.